The van der Waals surface area contributed by atoms with Gasteiger partial charge in [-0.3, -0.25) is 0 Å². The highest BCUT2D eigenvalue weighted by Gasteiger charge is 2.16. The quantitative estimate of drug-likeness (QED) is 0.742. The third kappa shape index (κ3) is 3.29. The van der Waals surface area contributed by atoms with Crippen LogP contribution in [0.15, 0.2) is 12.1 Å². The van der Waals surface area contributed by atoms with Gasteiger partial charge in [-0.2, -0.15) is 0 Å². The highest BCUT2D eigenvalue weighted by Crippen LogP contribution is 2.36. The molecule has 0 unspecified atom stereocenters. The van der Waals surface area contributed by atoms with E-state index in [4.69, 9.17) is 27.9 Å². The van der Waals surface area contributed by atoms with Crippen molar-refractivity contribution < 1.29 is 4.74 Å². The molecule has 0 aliphatic heterocycles. The number of halogens is 2. The molecule has 0 spiro atoms. The Morgan fingerprint density at radius 2 is 1.73 bits per heavy atom. The van der Waals surface area contributed by atoms with E-state index in [0.29, 0.717) is 15.8 Å². The van der Waals surface area contributed by atoms with Gasteiger partial charge < -0.3 is 4.74 Å². The molecule has 1 nitrogen and oxygen atoms in total. The Labute approximate surface area is 101 Å². The molecular weight excluding hydrogens is 231 g/mol. The second-order valence-corrected chi connectivity index (χ2v) is 5.55. The number of rotatable bonds is 2. The van der Waals surface area contributed by atoms with Gasteiger partial charge in [0.1, 0.15) is 10.8 Å². The lowest BCUT2D eigenvalue weighted by atomic mass is 9.88. The first-order valence-electron chi connectivity index (χ1n) is 4.86. The summed E-state index contributed by atoms with van der Waals surface area (Å²) in [6.45, 7) is 6.50. The smallest absolute Gasteiger partial charge is 0.138 e. The van der Waals surface area contributed by atoms with Gasteiger partial charge in [0.25, 0.3) is 0 Å². The highest BCUT2D eigenvalue weighted by molar-refractivity contribution is 6.43. The number of ether oxygens (including phenoxy) is 1. The van der Waals surface area contributed by atoms with Crippen LogP contribution < -0.4 is 4.74 Å². The van der Waals surface area contributed by atoms with E-state index in [-0.39, 0.29) is 5.41 Å². The fourth-order valence-corrected chi connectivity index (χ4v) is 1.92. The van der Waals surface area contributed by atoms with Crippen LogP contribution in [0.4, 0.5) is 0 Å². The minimum absolute atomic E-state index is 0.196. The van der Waals surface area contributed by atoms with Crippen LogP contribution in [0, 0.1) is 5.41 Å². The summed E-state index contributed by atoms with van der Waals surface area (Å²) in [5.41, 5.74) is 1.26. The summed E-state index contributed by atoms with van der Waals surface area (Å²) in [5.74, 6) is 0.624. The molecule has 0 saturated carbocycles. The molecule has 0 atom stereocenters. The largest absolute Gasteiger partial charge is 0.495 e. The average Bonchev–Trinajstić information content (AvgIpc) is 2.11. The maximum Gasteiger partial charge on any atom is 0.138 e. The molecule has 0 aromatic heterocycles. The molecule has 0 bridgehead atoms. The van der Waals surface area contributed by atoms with E-state index in [9.17, 15) is 0 Å². The first kappa shape index (κ1) is 12.7. The van der Waals surface area contributed by atoms with E-state index in [1.807, 2.05) is 12.1 Å². The second-order valence-electron chi connectivity index (χ2n) is 4.79. The topological polar surface area (TPSA) is 9.23 Å². The molecule has 0 amide bonds. The van der Waals surface area contributed by atoms with Gasteiger partial charge in [-0.05, 0) is 23.5 Å². The molecule has 84 valence electrons. The number of hydrogen-bond donors (Lipinski definition) is 0. The zero-order chi connectivity index (χ0) is 11.6. The number of methoxy groups -OCH3 is 1. The van der Waals surface area contributed by atoms with E-state index in [1.165, 1.54) is 0 Å². The van der Waals surface area contributed by atoms with E-state index >= 15 is 0 Å². The SMILES string of the molecule is COc1ccc(CC(C)(C)C)c(Cl)c1Cl. The van der Waals surface area contributed by atoms with Crippen LogP contribution in [0.1, 0.15) is 26.3 Å². The molecular formula is C12H16Cl2O. The first-order valence-corrected chi connectivity index (χ1v) is 5.61. The van der Waals surface area contributed by atoms with Crippen LogP contribution in [0.25, 0.3) is 0 Å². The summed E-state index contributed by atoms with van der Waals surface area (Å²) in [6, 6.07) is 3.83. The van der Waals surface area contributed by atoms with E-state index < -0.39 is 0 Å². The van der Waals surface area contributed by atoms with E-state index in [2.05, 4.69) is 20.8 Å². The van der Waals surface area contributed by atoms with E-state index in [0.717, 1.165) is 12.0 Å². The Kier molecular flexibility index (Phi) is 3.91. The van der Waals surface area contributed by atoms with Crippen molar-refractivity contribution in [2.45, 2.75) is 27.2 Å². The second kappa shape index (κ2) is 4.63. The summed E-state index contributed by atoms with van der Waals surface area (Å²) < 4.78 is 5.09. The molecule has 0 aliphatic rings. The van der Waals surface area contributed by atoms with Crippen molar-refractivity contribution in [1.82, 2.24) is 0 Å². The van der Waals surface area contributed by atoms with Crippen molar-refractivity contribution >= 4 is 23.2 Å². The molecule has 0 fully saturated rings. The third-order valence-electron chi connectivity index (χ3n) is 2.07. The standard InChI is InChI=1S/C12H16Cl2O/c1-12(2,3)7-8-5-6-9(15-4)11(14)10(8)13/h5-6H,7H2,1-4H3. The molecule has 1 aromatic rings. The lowest BCUT2D eigenvalue weighted by molar-refractivity contribution is 0.406. The van der Waals surface area contributed by atoms with Crippen LogP contribution >= 0.6 is 23.2 Å². The Hall–Kier alpha value is -0.400. The zero-order valence-electron chi connectivity index (χ0n) is 9.53. The predicted molar refractivity (Wildman–Crippen MR) is 66.2 cm³/mol. The zero-order valence-corrected chi connectivity index (χ0v) is 11.0. The summed E-state index contributed by atoms with van der Waals surface area (Å²) in [6.07, 6.45) is 0.898. The van der Waals surface area contributed by atoms with Gasteiger partial charge in [-0.1, -0.05) is 50.0 Å². The van der Waals surface area contributed by atoms with Crippen LogP contribution in [0.3, 0.4) is 0 Å². The molecule has 0 N–H and O–H groups in total. The Morgan fingerprint density at radius 3 is 2.20 bits per heavy atom. The summed E-state index contributed by atoms with van der Waals surface area (Å²) in [5, 5.41) is 1.10. The van der Waals surface area contributed by atoms with Gasteiger partial charge >= 0.3 is 0 Å². The molecule has 0 saturated heterocycles. The van der Waals surface area contributed by atoms with Crippen molar-refractivity contribution in [2.75, 3.05) is 7.11 Å². The van der Waals surface area contributed by atoms with Crippen molar-refractivity contribution in [3.8, 4) is 5.75 Å². The summed E-state index contributed by atoms with van der Waals surface area (Å²) in [7, 11) is 1.58. The van der Waals surface area contributed by atoms with Crippen molar-refractivity contribution in [2.24, 2.45) is 5.41 Å². The van der Waals surface area contributed by atoms with Crippen molar-refractivity contribution in [3.63, 3.8) is 0 Å². The molecule has 0 aliphatic carbocycles. The number of benzene rings is 1. The lowest BCUT2D eigenvalue weighted by Gasteiger charge is -2.19. The molecule has 3 heteroatoms. The molecule has 0 radical (unpaired) electrons. The third-order valence-corrected chi connectivity index (χ3v) is 2.97. The van der Waals surface area contributed by atoms with Crippen molar-refractivity contribution in [1.29, 1.82) is 0 Å². The van der Waals surface area contributed by atoms with Crippen LogP contribution in [0.5, 0.6) is 5.75 Å². The van der Waals surface area contributed by atoms with E-state index in [1.54, 1.807) is 7.11 Å². The summed E-state index contributed by atoms with van der Waals surface area (Å²) in [4.78, 5) is 0. The van der Waals surface area contributed by atoms with Gasteiger partial charge in [0.15, 0.2) is 0 Å². The molecule has 15 heavy (non-hydrogen) atoms. The Bertz CT molecular complexity index is 353. The molecule has 1 aromatic carbocycles. The molecule has 1 rings (SSSR count). The highest BCUT2D eigenvalue weighted by atomic mass is 35.5. The summed E-state index contributed by atoms with van der Waals surface area (Å²) >= 11 is 12.2. The van der Waals surface area contributed by atoms with Crippen LogP contribution in [-0.2, 0) is 6.42 Å². The van der Waals surface area contributed by atoms with Crippen LogP contribution in [0.2, 0.25) is 10.0 Å². The van der Waals surface area contributed by atoms with Gasteiger partial charge in [0.05, 0.1) is 12.1 Å². The van der Waals surface area contributed by atoms with Gasteiger partial charge in [0.2, 0.25) is 0 Å². The maximum atomic E-state index is 6.17. The minimum Gasteiger partial charge on any atom is -0.495 e. The van der Waals surface area contributed by atoms with Crippen molar-refractivity contribution in [3.05, 3.63) is 27.7 Å². The molecule has 0 heterocycles. The Balaban J connectivity index is 3.07. The number of hydrogen-bond acceptors (Lipinski definition) is 1. The Morgan fingerprint density at radius 1 is 1.13 bits per heavy atom. The lowest BCUT2D eigenvalue weighted by Crippen LogP contribution is -2.09. The monoisotopic (exact) mass is 246 g/mol. The van der Waals surface area contributed by atoms with Gasteiger partial charge in [0, 0.05) is 0 Å². The fourth-order valence-electron chi connectivity index (χ4n) is 1.44. The normalized spacial score (nSPS) is 11.6. The minimum atomic E-state index is 0.196. The van der Waals surface area contributed by atoms with Crippen LogP contribution in [-0.4, -0.2) is 7.11 Å². The maximum absolute atomic E-state index is 6.17. The average molecular weight is 247 g/mol. The first-order chi connectivity index (χ1) is 6.85. The fraction of sp³-hybridized carbons (Fsp3) is 0.500. The van der Waals surface area contributed by atoms with Gasteiger partial charge in [-0.15, -0.1) is 0 Å². The van der Waals surface area contributed by atoms with Gasteiger partial charge in [-0.25, -0.2) is 0 Å². The predicted octanol–water partition coefficient (Wildman–Crippen LogP) is 4.59.